The fourth-order valence-corrected chi connectivity index (χ4v) is 1.63. The molecule has 1 aliphatic heterocycles. The summed E-state index contributed by atoms with van der Waals surface area (Å²) >= 11 is 0. The Hall–Kier alpha value is 0.500. The first kappa shape index (κ1) is 10.5. The van der Waals surface area contributed by atoms with E-state index in [-0.39, 0.29) is 24.8 Å². The van der Waals surface area contributed by atoms with Gasteiger partial charge in [0, 0.05) is 18.0 Å². The van der Waals surface area contributed by atoms with Crippen LogP contribution in [0, 0.1) is 5.41 Å². The molecule has 0 amide bonds. The average Bonchev–Trinajstić information content (AvgIpc) is 2.29. The number of hydrogen-bond acceptors (Lipinski definition) is 2. The minimum Gasteiger partial charge on any atom is -0.327 e. The summed E-state index contributed by atoms with van der Waals surface area (Å²) in [6.45, 7) is 2.36. The molecular weight excluding hydrogens is 171 g/mol. The highest BCUT2D eigenvalue weighted by molar-refractivity contribution is 5.85. The SMILES string of the molecule is Cl.Cl.NC1CC12CCNC2. The van der Waals surface area contributed by atoms with E-state index in [4.69, 9.17) is 5.73 Å². The molecule has 2 atom stereocenters. The lowest BCUT2D eigenvalue weighted by Crippen LogP contribution is -2.16. The summed E-state index contributed by atoms with van der Waals surface area (Å²) < 4.78 is 0. The molecular formula is C6H14Cl2N2. The Morgan fingerprint density at radius 2 is 2.00 bits per heavy atom. The van der Waals surface area contributed by atoms with Gasteiger partial charge in [-0.2, -0.15) is 0 Å². The summed E-state index contributed by atoms with van der Waals surface area (Å²) in [4.78, 5) is 0. The normalized spacial score (nSPS) is 42.3. The van der Waals surface area contributed by atoms with Crippen molar-refractivity contribution in [2.24, 2.45) is 11.1 Å². The lowest BCUT2D eigenvalue weighted by molar-refractivity contribution is 0.547. The standard InChI is InChI=1S/C6H12N2.2ClH/c7-5-3-6(5)1-2-8-4-6;;/h5,8H,1-4,7H2;2*1H. The molecule has 2 aliphatic rings. The van der Waals surface area contributed by atoms with Gasteiger partial charge in [0.2, 0.25) is 0 Å². The molecule has 0 aromatic heterocycles. The van der Waals surface area contributed by atoms with E-state index in [0.717, 1.165) is 0 Å². The summed E-state index contributed by atoms with van der Waals surface area (Å²) in [7, 11) is 0. The summed E-state index contributed by atoms with van der Waals surface area (Å²) in [6.07, 6.45) is 2.58. The first-order chi connectivity index (χ1) is 3.83. The van der Waals surface area contributed by atoms with Crippen LogP contribution in [0.25, 0.3) is 0 Å². The quantitative estimate of drug-likeness (QED) is 0.578. The number of nitrogens with one attached hydrogen (secondary N) is 1. The zero-order valence-electron chi connectivity index (χ0n) is 5.80. The molecule has 2 rings (SSSR count). The van der Waals surface area contributed by atoms with Crippen molar-refractivity contribution >= 4 is 24.8 Å². The molecule has 0 bridgehead atoms. The maximum absolute atomic E-state index is 5.72. The van der Waals surface area contributed by atoms with Gasteiger partial charge in [-0.15, -0.1) is 24.8 Å². The molecule has 0 aromatic rings. The summed E-state index contributed by atoms with van der Waals surface area (Å²) in [5.74, 6) is 0. The Kier molecular flexibility index (Phi) is 3.43. The minimum absolute atomic E-state index is 0. The maximum atomic E-state index is 5.72. The topological polar surface area (TPSA) is 38.0 Å². The summed E-state index contributed by atoms with van der Waals surface area (Å²) in [5, 5.41) is 3.33. The summed E-state index contributed by atoms with van der Waals surface area (Å²) in [6, 6.07) is 0.525. The molecule has 3 N–H and O–H groups in total. The van der Waals surface area contributed by atoms with Crippen molar-refractivity contribution in [3.05, 3.63) is 0 Å². The molecule has 2 fully saturated rings. The zero-order valence-corrected chi connectivity index (χ0v) is 7.43. The number of rotatable bonds is 0. The van der Waals surface area contributed by atoms with Gasteiger partial charge >= 0.3 is 0 Å². The van der Waals surface area contributed by atoms with E-state index in [1.54, 1.807) is 0 Å². The predicted octanol–water partition coefficient (Wildman–Crippen LogP) is 0.541. The van der Waals surface area contributed by atoms with E-state index >= 15 is 0 Å². The van der Waals surface area contributed by atoms with Gasteiger partial charge in [0.05, 0.1) is 0 Å². The Morgan fingerprint density at radius 3 is 2.20 bits per heavy atom. The largest absolute Gasteiger partial charge is 0.327 e. The highest BCUT2D eigenvalue weighted by Crippen LogP contribution is 2.48. The van der Waals surface area contributed by atoms with Crippen LogP contribution in [0.2, 0.25) is 0 Å². The van der Waals surface area contributed by atoms with Crippen LogP contribution in [0.3, 0.4) is 0 Å². The van der Waals surface area contributed by atoms with Crippen LogP contribution in [0.5, 0.6) is 0 Å². The van der Waals surface area contributed by atoms with Gasteiger partial charge in [-0.3, -0.25) is 0 Å². The second kappa shape index (κ2) is 3.26. The maximum Gasteiger partial charge on any atom is 0.0115 e. The van der Waals surface area contributed by atoms with Crippen LogP contribution in [-0.4, -0.2) is 19.1 Å². The first-order valence-corrected chi connectivity index (χ1v) is 3.30. The number of hydrogen-bond donors (Lipinski definition) is 2. The molecule has 2 unspecified atom stereocenters. The van der Waals surface area contributed by atoms with Crippen molar-refractivity contribution in [3.63, 3.8) is 0 Å². The highest BCUT2D eigenvalue weighted by Gasteiger charge is 2.52. The van der Waals surface area contributed by atoms with Crippen molar-refractivity contribution < 1.29 is 0 Å². The van der Waals surface area contributed by atoms with Gasteiger partial charge in [-0.05, 0) is 19.4 Å². The third-order valence-electron chi connectivity index (χ3n) is 2.53. The Morgan fingerprint density at radius 1 is 1.40 bits per heavy atom. The van der Waals surface area contributed by atoms with Gasteiger partial charge < -0.3 is 11.1 Å². The number of halogens is 2. The van der Waals surface area contributed by atoms with Crippen molar-refractivity contribution in [1.82, 2.24) is 5.32 Å². The van der Waals surface area contributed by atoms with Gasteiger partial charge in [-0.25, -0.2) is 0 Å². The molecule has 1 heterocycles. The lowest BCUT2D eigenvalue weighted by atomic mass is 10.1. The molecule has 4 heteroatoms. The molecule has 10 heavy (non-hydrogen) atoms. The molecule has 0 radical (unpaired) electrons. The smallest absolute Gasteiger partial charge is 0.0115 e. The third-order valence-corrected chi connectivity index (χ3v) is 2.53. The van der Waals surface area contributed by atoms with Crippen LogP contribution in [-0.2, 0) is 0 Å². The third kappa shape index (κ3) is 1.40. The van der Waals surface area contributed by atoms with Crippen molar-refractivity contribution in [2.75, 3.05) is 13.1 Å². The van der Waals surface area contributed by atoms with Crippen LogP contribution < -0.4 is 11.1 Å². The highest BCUT2D eigenvalue weighted by atomic mass is 35.5. The molecule has 1 saturated carbocycles. The van der Waals surface area contributed by atoms with Crippen LogP contribution in [0.4, 0.5) is 0 Å². The van der Waals surface area contributed by atoms with Gasteiger partial charge in [-0.1, -0.05) is 0 Å². The van der Waals surface area contributed by atoms with Crippen LogP contribution in [0.15, 0.2) is 0 Å². The van der Waals surface area contributed by atoms with E-state index in [2.05, 4.69) is 5.32 Å². The molecule has 62 valence electrons. The molecule has 0 aromatic carbocycles. The van der Waals surface area contributed by atoms with Gasteiger partial charge in [0.1, 0.15) is 0 Å². The first-order valence-electron chi connectivity index (χ1n) is 3.30. The zero-order chi connectivity index (χ0) is 5.61. The summed E-state index contributed by atoms with van der Waals surface area (Å²) in [5.41, 5.74) is 6.29. The fourth-order valence-electron chi connectivity index (χ4n) is 1.63. The van der Waals surface area contributed by atoms with Crippen LogP contribution >= 0.6 is 24.8 Å². The van der Waals surface area contributed by atoms with Crippen molar-refractivity contribution in [2.45, 2.75) is 18.9 Å². The molecule has 1 spiro atoms. The van der Waals surface area contributed by atoms with E-state index in [9.17, 15) is 0 Å². The van der Waals surface area contributed by atoms with Crippen molar-refractivity contribution in [1.29, 1.82) is 0 Å². The molecule has 1 saturated heterocycles. The lowest BCUT2D eigenvalue weighted by Gasteiger charge is -2.00. The minimum atomic E-state index is 0. The van der Waals surface area contributed by atoms with E-state index in [0.29, 0.717) is 11.5 Å². The van der Waals surface area contributed by atoms with E-state index in [1.165, 1.54) is 25.9 Å². The molecule has 1 aliphatic carbocycles. The van der Waals surface area contributed by atoms with Gasteiger partial charge in [0.25, 0.3) is 0 Å². The van der Waals surface area contributed by atoms with E-state index < -0.39 is 0 Å². The average molecular weight is 185 g/mol. The molecule has 2 nitrogen and oxygen atoms in total. The fraction of sp³-hybridized carbons (Fsp3) is 1.00. The predicted molar refractivity (Wildman–Crippen MR) is 47.0 cm³/mol. The van der Waals surface area contributed by atoms with Crippen LogP contribution in [0.1, 0.15) is 12.8 Å². The van der Waals surface area contributed by atoms with Crippen molar-refractivity contribution in [3.8, 4) is 0 Å². The van der Waals surface area contributed by atoms with E-state index in [1.807, 2.05) is 0 Å². The van der Waals surface area contributed by atoms with Gasteiger partial charge in [0.15, 0.2) is 0 Å². The number of nitrogens with two attached hydrogens (primary N) is 1. The Bertz CT molecular complexity index is 112. The Balaban J connectivity index is 0.000000405. The Labute approximate surface area is 73.7 Å². The second-order valence-corrected chi connectivity index (χ2v) is 3.10. The second-order valence-electron chi connectivity index (χ2n) is 3.10. The monoisotopic (exact) mass is 184 g/mol.